The molecule has 0 bridgehead atoms. The standard InChI is InChI=1S/C13H12Cl3N5O/c1-2-21(5-22)13-12(18)20-11(17)10(19-13)7-3-6(14)4-8(15)9(7)16/h3-5H,2H2,1H3,(H4,17,18,20). The molecule has 0 aliphatic rings. The van der Waals surface area contributed by atoms with Crippen LogP contribution in [0.2, 0.25) is 15.1 Å². The van der Waals surface area contributed by atoms with Crippen LogP contribution in [0.15, 0.2) is 12.1 Å². The summed E-state index contributed by atoms with van der Waals surface area (Å²) in [7, 11) is 0. The lowest BCUT2D eigenvalue weighted by atomic mass is 10.1. The number of hydrogen-bond donors (Lipinski definition) is 2. The van der Waals surface area contributed by atoms with Gasteiger partial charge < -0.3 is 11.5 Å². The van der Waals surface area contributed by atoms with Crippen LogP contribution in [0.5, 0.6) is 0 Å². The number of benzene rings is 1. The van der Waals surface area contributed by atoms with E-state index in [2.05, 4.69) is 9.97 Å². The second-order valence-electron chi connectivity index (χ2n) is 4.31. The van der Waals surface area contributed by atoms with Crippen molar-refractivity contribution in [3.05, 3.63) is 27.2 Å². The fourth-order valence-electron chi connectivity index (χ4n) is 1.87. The Kier molecular flexibility index (Phi) is 4.95. The second-order valence-corrected chi connectivity index (χ2v) is 5.53. The maximum Gasteiger partial charge on any atom is 0.215 e. The first-order chi connectivity index (χ1) is 10.4. The van der Waals surface area contributed by atoms with Gasteiger partial charge in [0.1, 0.15) is 5.69 Å². The number of nitrogens with zero attached hydrogens (tertiary/aromatic N) is 3. The fraction of sp³-hybridized carbons (Fsp3) is 0.154. The number of nitrogen functional groups attached to an aromatic ring is 2. The minimum atomic E-state index is 0.0412. The van der Waals surface area contributed by atoms with Gasteiger partial charge in [-0.15, -0.1) is 0 Å². The molecule has 1 aromatic carbocycles. The summed E-state index contributed by atoms with van der Waals surface area (Å²) in [6.45, 7) is 2.14. The van der Waals surface area contributed by atoms with Gasteiger partial charge in [-0.05, 0) is 19.1 Å². The summed E-state index contributed by atoms with van der Waals surface area (Å²) in [6.07, 6.45) is 0.604. The molecule has 1 heterocycles. The van der Waals surface area contributed by atoms with Gasteiger partial charge >= 0.3 is 0 Å². The molecule has 0 fully saturated rings. The van der Waals surface area contributed by atoms with E-state index in [1.807, 2.05) is 0 Å². The normalized spacial score (nSPS) is 10.5. The highest BCUT2D eigenvalue weighted by atomic mass is 35.5. The lowest BCUT2D eigenvalue weighted by Gasteiger charge is -2.18. The third-order valence-electron chi connectivity index (χ3n) is 2.92. The quantitative estimate of drug-likeness (QED) is 0.644. The monoisotopic (exact) mass is 359 g/mol. The third-order valence-corrected chi connectivity index (χ3v) is 3.94. The van der Waals surface area contributed by atoms with Crippen molar-refractivity contribution in [2.24, 2.45) is 0 Å². The van der Waals surface area contributed by atoms with Crippen LogP contribution in [0.4, 0.5) is 17.5 Å². The van der Waals surface area contributed by atoms with E-state index in [0.29, 0.717) is 23.5 Å². The number of carbonyl (C=O) groups is 1. The number of amides is 1. The zero-order valence-electron chi connectivity index (χ0n) is 11.5. The van der Waals surface area contributed by atoms with E-state index in [1.54, 1.807) is 13.0 Å². The molecule has 1 aromatic heterocycles. The van der Waals surface area contributed by atoms with Gasteiger partial charge in [-0.2, -0.15) is 0 Å². The summed E-state index contributed by atoms with van der Waals surface area (Å²) >= 11 is 18.2. The van der Waals surface area contributed by atoms with Crippen LogP contribution in [0.3, 0.4) is 0 Å². The van der Waals surface area contributed by atoms with E-state index in [4.69, 9.17) is 46.3 Å². The van der Waals surface area contributed by atoms with E-state index in [9.17, 15) is 4.79 Å². The lowest BCUT2D eigenvalue weighted by Crippen LogP contribution is -2.23. The van der Waals surface area contributed by atoms with Gasteiger partial charge in [-0.1, -0.05) is 34.8 Å². The maximum atomic E-state index is 11.1. The van der Waals surface area contributed by atoms with Gasteiger partial charge in [0.05, 0.1) is 10.0 Å². The first kappa shape index (κ1) is 16.6. The first-order valence-electron chi connectivity index (χ1n) is 6.18. The van der Waals surface area contributed by atoms with Gasteiger partial charge in [0.2, 0.25) is 6.41 Å². The average Bonchev–Trinajstić information content (AvgIpc) is 2.46. The molecule has 4 N–H and O–H groups in total. The van der Waals surface area contributed by atoms with Crippen molar-refractivity contribution in [1.29, 1.82) is 0 Å². The number of nitrogens with two attached hydrogens (primary N) is 2. The zero-order valence-corrected chi connectivity index (χ0v) is 13.7. The minimum Gasteiger partial charge on any atom is -0.382 e. The Morgan fingerprint density at radius 2 is 1.86 bits per heavy atom. The van der Waals surface area contributed by atoms with E-state index >= 15 is 0 Å². The van der Waals surface area contributed by atoms with Crippen LogP contribution in [-0.4, -0.2) is 22.9 Å². The topological polar surface area (TPSA) is 98.1 Å². The summed E-state index contributed by atoms with van der Waals surface area (Å²) < 4.78 is 0. The molecule has 0 aliphatic heterocycles. The number of hydrogen-bond acceptors (Lipinski definition) is 5. The van der Waals surface area contributed by atoms with Crippen molar-refractivity contribution in [2.45, 2.75) is 6.92 Å². The van der Waals surface area contributed by atoms with Crippen LogP contribution >= 0.6 is 34.8 Å². The Morgan fingerprint density at radius 1 is 1.18 bits per heavy atom. The summed E-state index contributed by atoms with van der Waals surface area (Å²) in [6, 6.07) is 3.06. The Hall–Kier alpha value is -1.76. The molecule has 6 nitrogen and oxygen atoms in total. The number of aromatic nitrogens is 2. The molecule has 0 radical (unpaired) electrons. The van der Waals surface area contributed by atoms with Crippen molar-refractivity contribution in [1.82, 2.24) is 9.97 Å². The van der Waals surface area contributed by atoms with Crippen LogP contribution in [0, 0.1) is 0 Å². The number of anilines is 3. The highest BCUT2D eigenvalue weighted by Gasteiger charge is 2.19. The maximum absolute atomic E-state index is 11.1. The van der Waals surface area contributed by atoms with E-state index in [1.165, 1.54) is 11.0 Å². The molecule has 116 valence electrons. The highest BCUT2D eigenvalue weighted by Crippen LogP contribution is 2.38. The van der Waals surface area contributed by atoms with E-state index in [0.717, 1.165) is 0 Å². The minimum absolute atomic E-state index is 0.0412. The van der Waals surface area contributed by atoms with E-state index in [-0.39, 0.29) is 33.2 Å². The molecular weight excluding hydrogens is 349 g/mol. The molecular formula is C13H12Cl3N5O. The lowest BCUT2D eigenvalue weighted by molar-refractivity contribution is -0.107. The molecule has 2 rings (SSSR count). The van der Waals surface area contributed by atoms with Crippen molar-refractivity contribution in [3.63, 3.8) is 0 Å². The molecule has 0 saturated carbocycles. The van der Waals surface area contributed by atoms with Crippen molar-refractivity contribution in [3.8, 4) is 11.3 Å². The second kappa shape index (κ2) is 6.56. The highest BCUT2D eigenvalue weighted by molar-refractivity contribution is 6.45. The summed E-state index contributed by atoms with van der Waals surface area (Å²) in [5.41, 5.74) is 12.3. The van der Waals surface area contributed by atoms with Crippen LogP contribution in [0.25, 0.3) is 11.3 Å². The Bertz CT molecular complexity index is 738. The summed E-state index contributed by atoms with van der Waals surface area (Å²) in [4.78, 5) is 20.7. The van der Waals surface area contributed by atoms with Crippen molar-refractivity contribution in [2.75, 3.05) is 22.9 Å². The molecule has 0 aliphatic carbocycles. The SMILES string of the molecule is CCN(C=O)c1nc(-c2cc(Cl)cc(Cl)c2Cl)c(N)nc1N. The largest absolute Gasteiger partial charge is 0.382 e. The zero-order chi connectivity index (χ0) is 16.4. The molecule has 0 spiro atoms. The fourth-order valence-corrected chi connectivity index (χ4v) is 2.56. The molecule has 0 atom stereocenters. The summed E-state index contributed by atoms with van der Waals surface area (Å²) in [5, 5.41) is 0.857. The molecule has 0 unspecified atom stereocenters. The van der Waals surface area contributed by atoms with Crippen molar-refractivity contribution < 1.29 is 4.79 Å². The van der Waals surface area contributed by atoms with Crippen LogP contribution in [0.1, 0.15) is 6.92 Å². The predicted molar refractivity (Wildman–Crippen MR) is 90.4 cm³/mol. The van der Waals surface area contributed by atoms with Crippen molar-refractivity contribution >= 4 is 58.7 Å². The van der Waals surface area contributed by atoms with Gasteiger partial charge in [0, 0.05) is 17.1 Å². The Morgan fingerprint density at radius 3 is 2.45 bits per heavy atom. The molecule has 9 heteroatoms. The number of carbonyl (C=O) groups excluding carboxylic acids is 1. The first-order valence-corrected chi connectivity index (χ1v) is 7.32. The van der Waals surface area contributed by atoms with E-state index < -0.39 is 0 Å². The number of halogens is 3. The Balaban J connectivity index is 2.71. The summed E-state index contributed by atoms with van der Waals surface area (Å²) in [5.74, 6) is 0.289. The van der Waals surface area contributed by atoms with Gasteiger partial charge in [0.15, 0.2) is 17.5 Å². The smallest absolute Gasteiger partial charge is 0.215 e. The van der Waals surface area contributed by atoms with Crippen LogP contribution in [-0.2, 0) is 4.79 Å². The third kappa shape index (κ3) is 3.04. The van der Waals surface area contributed by atoms with Crippen LogP contribution < -0.4 is 16.4 Å². The molecule has 0 saturated heterocycles. The average molecular weight is 361 g/mol. The predicted octanol–water partition coefficient (Wildman–Crippen LogP) is 3.25. The van der Waals surface area contributed by atoms with Gasteiger partial charge in [0.25, 0.3) is 0 Å². The Labute approximate surface area is 142 Å². The molecule has 2 aromatic rings. The molecule has 22 heavy (non-hydrogen) atoms. The number of rotatable bonds is 4. The molecule has 1 amide bonds. The van der Waals surface area contributed by atoms with Gasteiger partial charge in [-0.25, -0.2) is 9.97 Å². The van der Waals surface area contributed by atoms with Gasteiger partial charge in [-0.3, -0.25) is 9.69 Å².